The van der Waals surface area contributed by atoms with Gasteiger partial charge in [0.2, 0.25) is 11.7 Å². The lowest BCUT2D eigenvalue weighted by Crippen LogP contribution is -2.43. The number of hydrogen-bond donors (Lipinski definition) is 1. The Labute approximate surface area is 185 Å². The van der Waals surface area contributed by atoms with Crippen LogP contribution in [0.1, 0.15) is 30.4 Å². The van der Waals surface area contributed by atoms with Gasteiger partial charge in [0.05, 0.1) is 17.2 Å². The predicted molar refractivity (Wildman–Crippen MR) is 116 cm³/mol. The lowest BCUT2D eigenvalue weighted by atomic mass is 9.83. The number of hydrogen-bond acceptors (Lipinski definition) is 7. The highest BCUT2D eigenvalue weighted by molar-refractivity contribution is 6.31. The zero-order valence-electron chi connectivity index (χ0n) is 17.2. The minimum absolute atomic E-state index is 0.0401. The molecule has 0 radical (unpaired) electrons. The smallest absolute Gasteiger partial charge is 0.221 e. The van der Waals surface area contributed by atoms with Crippen LogP contribution in [0.15, 0.2) is 41.4 Å². The van der Waals surface area contributed by atoms with Gasteiger partial charge in [0, 0.05) is 37.6 Å². The normalized spacial score (nSPS) is 25.6. The summed E-state index contributed by atoms with van der Waals surface area (Å²) in [6.45, 7) is 1.48. The molecule has 2 unspecified atom stereocenters. The number of benzene rings is 2. The largest absolute Gasteiger partial charge is 0.489 e. The van der Waals surface area contributed by atoms with E-state index in [1.54, 1.807) is 13.1 Å². The molecule has 2 aromatic rings. The number of rotatable bonds is 2. The minimum Gasteiger partial charge on any atom is -0.489 e. The van der Waals surface area contributed by atoms with Crippen LogP contribution in [0.25, 0.3) is 11.1 Å². The van der Waals surface area contributed by atoms with Crippen LogP contribution >= 0.6 is 11.6 Å². The summed E-state index contributed by atoms with van der Waals surface area (Å²) in [5, 5.41) is 11.3. The van der Waals surface area contributed by atoms with Gasteiger partial charge in [-0.2, -0.15) is 5.26 Å². The fraction of sp³-hybridized carbons (Fsp3) is 0.391. The van der Waals surface area contributed by atoms with Crippen LogP contribution in [0.2, 0.25) is 5.02 Å². The highest BCUT2D eigenvalue weighted by atomic mass is 35.5. The van der Waals surface area contributed by atoms with Crippen LogP contribution in [0.4, 0.5) is 0 Å². The van der Waals surface area contributed by atoms with Crippen LogP contribution in [-0.4, -0.2) is 37.4 Å². The van der Waals surface area contributed by atoms with E-state index < -0.39 is 5.72 Å². The lowest BCUT2D eigenvalue weighted by molar-refractivity contribution is -0.196. The van der Waals surface area contributed by atoms with Crippen molar-refractivity contribution in [3.8, 4) is 22.9 Å². The third kappa shape index (κ3) is 3.61. The molecule has 3 aliphatic rings. The molecule has 3 heterocycles. The van der Waals surface area contributed by atoms with Gasteiger partial charge in [0.25, 0.3) is 0 Å². The second-order valence-electron chi connectivity index (χ2n) is 8.20. The third-order valence-electron chi connectivity index (χ3n) is 6.21. The summed E-state index contributed by atoms with van der Waals surface area (Å²) >= 11 is 6.23. The Hall–Kier alpha value is -2.79. The van der Waals surface area contributed by atoms with Crippen molar-refractivity contribution in [2.45, 2.75) is 31.1 Å². The van der Waals surface area contributed by atoms with Crippen molar-refractivity contribution in [1.82, 2.24) is 5.06 Å². The van der Waals surface area contributed by atoms with Gasteiger partial charge in [-0.1, -0.05) is 17.7 Å². The summed E-state index contributed by atoms with van der Waals surface area (Å²) in [5.74, 6) is 1.44. The first-order chi connectivity index (χ1) is 15.0. The molecule has 2 atom stereocenters. The number of nitrogens with two attached hydrogens (primary N) is 1. The fourth-order valence-corrected chi connectivity index (χ4v) is 4.85. The number of ether oxygens (including phenoxy) is 2. The number of nitrogens with zero attached hydrogens (tertiary/aromatic N) is 3. The first kappa shape index (κ1) is 20.1. The summed E-state index contributed by atoms with van der Waals surface area (Å²) in [7, 11) is 1.76. The molecule has 1 spiro atoms. The fourth-order valence-electron chi connectivity index (χ4n) is 4.62. The summed E-state index contributed by atoms with van der Waals surface area (Å²) in [6, 6.07) is 13.4. The molecular formula is C23H23ClN4O3. The highest BCUT2D eigenvalue weighted by Gasteiger charge is 2.50. The Balaban J connectivity index is 1.59. The molecule has 0 bridgehead atoms. The maximum Gasteiger partial charge on any atom is 0.221 e. The van der Waals surface area contributed by atoms with Crippen molar-refractivity contribution < 1.29 is 14.3 Å². The first-order valence-corrected chi connectivity index (χ1v) is 10.7. The monoisotopic (exact) mass is 438 g/mol. The first-order valence-electron chi connectivity index (χ1n) is 10.4. The number of fused-ring (bicyclic) bond motifs is 2. The van der Waals surface area contributed by atoms with Gasteiger partial charge in [0.1, 0.15) is 11.9 Å². The molecule has 2 aromatic carbocycles. The molecule has 2 N–H and O–H groups in total. The average molecular weight is 439 g/mol. The van der Waals surface area contributed by atoms with Crippen molar-refractivity contribution in [2.75, 3.05) is 20.3 Å². The second kappa shape index (κ2) is 7.72. The molecule has 0 aliphatic carbocycles. The van der Waals surface area contributed by atoms with Crippen molar-refractivity contribution >= 4 is 17.6 Å². The van der Waals surface area contributed by atoms with E-state index in [1.807, 2.05) is 30.3 Å². The molecule has 8 heteroatoms. The number of hydroxylamine groups is 2. The maximum atomic E-state index is 9.31. The van der Waals surface area contributed by atoms with Crippen LogP contribution in [0.5, 0.6) is 5.75 Å². The molecule has 1 saturated heterocycles. The van der Waals surface area contributed by atoms with E-state index in [0.29, 0.717) is 28.9 Å². The number of aliphatic imine (C=N–C) groups is 1. The Kier molecular flexibility index (Phi) is 5.01. The van der Waals surface area contributed by atoms with Crippen LogP contribution in [0, 0.1) is 17.2 Å². The van der Waals surface area contributed by atoms with Crippen LogP contribution in [0.3, 0.4) is 0 Å². The van der Waals surface area contributed by atoms with Gasteiger partial charge < -0.3 is 15.2 Å². The Morgan fingerprint density at radius 3 is 2.71 bits per heavy atom. The zero-order valence-corrected chi connectivity index (χ0v) is 17.9. The summed E-state index contributed by atoms with van der Waals surface area (Å²) in [4.78, 5) is 11.0. The van der Waals surface area contributed by atoms with E-state index in [1.165, 1.54) is 5.06 Å². The molecule has 0 aromatic heterocycles. The standard InChI is InChI=1S/C23H23ClN4O3/c1-28-22(26)27-23(31-28)12-21(15-4-6-29-7-5-15)30-20-3-2-16(11-19(20)23)17-8-14(13-25)9-18(24)10-17/h2-3,8-11,15,21H,4-7,12H2,1H3,(H2,26,27). The third-order valence-corrected chi connectivity index (χ3v) is 6.43. The topological polar surface area (TPSA) is 93.1 Å². The molecule has 5 rings (SSSR count). The van der Waals surface area contributed by atoms with Crippen molar-refractivity contribution in [3.63, 3.8) is 0 Å². The van der Waals surface area contributed by atoms with Gasteiger partial charge in [-0.05, 0) is 54.3 Å². The SMILES string of the molecule is CN1OC2(CC(C3CCOCC3)Oc3ccc(-c4cc(Cl)cc(C#N)c4)cc32)N=C1N. The lowest BCUT2D eigenvalue weighted by Gasteiger charge is -2.41. The summed E-state index contributed by atoms with van der Waals surface area (Å²) in [5.41, 5.74) is 8.23. The Bertz CT molecular complexity index is 1090. The van der Waals surface area contributed by atoms with E-state index in [-0.39, 0.29) is 6.10 Å². The minimum atomic E-state index is -0.942. The number of guanidine groups is 1. The van der Waals surface area contributed by atoms with E-state index in [4.69, 9.17) is 36.6 Å². The second-order valence-corrected chi connectivity index (χ2v) is 8.64. The average Bonchev–Trinajstić information content (AvgIpc) is 3.07. The van der Waals surface area contributed by atoms with Crippen LogP contribution < -0.4 is 10.5 Å². The van der Waals surface area contributed by atoms with Gasteiger partial charge in [-0.15, -0.1) is 0 Å². The molecule has 31 heavy (non-hydrogen) atoms. The van der Waals surface area contributed by atoms with Gasteiger partial charge in [0.15, 0.2) is 0 Å². The molecule has 7 nitrogen and oxygen atoms in total. The van der Waals surface area contributed by atoms with Gasteiger partial charge >= 0.3 is 0 Å². The predicted octanol–water partition coefficient (Wildman–Crippen LogP) is 3.80. The molecule has 3 aliphatic heterocycles. The van der Waals surface area contributed by atoms with Crippen molar-refractivity contribution in [2.24, 2.45) is 16.6 Å². The van der Waals surface area contributed by atoms with Crippen molar-refractivity contribution in [3.05, 3.63) is 52.5 Å². The van der Waals surface area contributed by atoms with Gasteiger partial charge in [-0.3, -0.25) is 0 Å². The highest BCUT2D eigenvalue weighted by Crippen LogP contribution is 2.49. The van der Waals surface area contributed by atoms with E-state index in [0.717, 1.165) is 48.5 Å². The zero-order chi connectivity index (χ0) is 21.6. The number of nitriles is 1. The summed E-state index contributed by atoms with van der Waals surface area (Å²) < 4.78 is 12.0. The Morgan fingerprint density at radius 1 is 1.19 bits per heavy atom. The Morgan fingerprint density at radius 2 is 2.00 bits per heavy atom. The van der Waals surface area contributed by atoms with Crippen molar-refractivity contribution in [1.29, 1.82) is 5.26 Å². The van der Waals surface area contributed by atoms with Gasteiger partial charge in [-0.25, -0.2) is 14.9 Å². The van der Waals surface area contributed by atoms with E-state index in [2.05, 4.69) is 6.07 Å². The molecule has 1 fully saturated rings. The van der Waals surface area contributed by atoms with E-state index >= 15 is 0 Å². The molecule has 0 saturated carbocycles. The summed E-state index contributed by atoms with van der Waals surface area (Å²) in [6.07, 6.45) is 2.42. The molecule has 160 valence electrons. The molecule has 0 amide bonds. The molecular weight excluding hydrogens is 416 g/mol. The van der Waals surface area contributed by atoms with E-state index in [9.17, 15) is 5.26 Å². The van der Waals surface area contributed by atoms with Crippen LogP contribution in [-0.2, 0) is 15.3 Å². The maximum absolute atomic E-state index is 9.31. The quantitative estimate of drug-likeness (QED) is 0.766. The number of halogens is 1.